The molecule has 1 N–H and O–H groups in total. The lowest BCUT2D eigenvalue weighted by molar-refractivity contribution is -0.140. The van der Waals surface area contributed by atoms with Gasteiger partial charge in [0.05, 0.1) is 11.5 Å². The van der Waals surface area contributed by atoms with Gasteiger partial charge in [0, 0.05) is 27.4 Å². The summed E-state index contributed by atoms with van der Waals surface area (Å²) in [6.07, 6.45) is -13.9. The van der Waals surface area contributed by atoms with Gasteiger partial charge in [0.25, 0.3) is 0 Å². The first-order valence-electron chi connectivity index (χ1n) is 11.1. The number of halogens is 11. The summed E-state index contributed by atoms with van der Waals surface area (Å²) >= 11 is 8.87. The highest BCUT2D eigenvalue weighted by molar-refractivity contribution is 9.10. The molecule has 0 aromatic heterocycles. The first kappa shape index (κ1) is 32.7. The zero-order valence-electron chi connectivity index (χ0n) is 19.9. The van der Waals surface area contributed by atoms with Crippen LogP contribution in [0.3, 0.4) is 0 Å². The van der Waals surface area contributed by atoms with Crippen LogP contribution in [-0.4, -0.2) is 30.6 Å². The summed E-state index contributed by atoms with van der Waals surface area (Å²) in [5, 5.41) is 1.64. The largest absolute Gasteiger partial charge is 0.417 e. The van der Waals surface area contributed by atoms with Gasteiger partial charge >= 0.3 is 18.5 Å². The van der Waals surface area contributed by atoms with Crippen molar-refractivity contribution in [3.8, 4) is 0 Å². The Labute approximate surface area is 230 Å². The summed E-state index contributed by atoms with van der Waals surface area (Å²) in [7, 11) is 0. The lowest BCUT2D eigenvalue weighted by atomic mass is 9.93. The molecule has 2 aromatic carbocycles. The van der Waals surface area contributed by atoms with Gasteiger partial charge < -0.3 is 5.32 Å². The number of hydrogen-bond acceptors (Lipinski definition) is 2. The fourth-order valence-electron chi connectivity index (χ4n) is 3.49. The minimum atomic E-state index is -5.05. The van der Waals surface area contributed by atoms with Crippen LogP contribution in [0.1, 0.15) is 52.7 Å². The van der Waals surface area contributed by atoms with Gasteiger partial charge in [-0.25, -0.2) is 0 Å². The van der Waals surface area contributed by atoms with Crippen molar-refractivity contribution in [2.45, 2.75) is 44.2 Å². The van der Waals surface area contributed by atoms with Crippen LogP contribution in [0.15, 0.2) is 46.9 Å². The first-order valence-corrected chi connectivity index (χ1v) is 12.2. The quantitative estimate of drug-likeness (QED) is 0.218. The number of amides is 1. The number of ketones is 1. The molecule has 0 saturated heterocycles. The summed E-state index contributed by atoms with van der Waals surface area (Å²) < 4.78 is 119. The fraction of sp³-hybridized carbons (Fsp3) is 0.360. The van der Waals surface area contributed by atoms with Crippen molar-refractivity contribution in [1.82, 2.24) is 5.32 Å². The van der Waals surface area contributed by atoms with Gasteiger partial charge in [0.2, 0.25) is 5.91 Å². The maximum Gasteiger partial charge on any atom is 0.417 e. The molecule has 3 nitrogen and oxygen atoms in total. The molecule has 2 aromatic rings. The Kier molecular flexibility index (Phi) is 10.7. The number of benzene rings is 2. The van der Waals surface area contributed by atoms with E-state index < -0.39 is 66.1 Å². The van der Waals surface area contributed by atoms with Crippen molar-refractivity contribution in [2.75, 3.05) is 6.54 Å². The Hall–Kier alpha value is -2.54. The van der Waals surface area contributed by atoms with Crippen molar-refractivity contribution >= 4 is 45.3 Å². The lowest BCUT2D eigenvalue weighted by Crippen LogP contribution is -2.37. The third-order valence-corrected chi connectivity index (χ3v) is 6.12. The minimum Gasteiger partial charge on any atom is -0.347 e. The summed E-state index contributed by atoms with van der Waals surface area (Å²) in [5.74, 6) is -5.36. The second-order valence-corrected chi connectivity index (χ2v) is 9.93. The van der Waals surface area contributed by atoms with E-state index in [-0.39, 0.29) is 27.0 Å². The minimum absolute atomic E-state index is 0.0106. The van der Waals surface area contributed by atoms with Crippen LogP contribution in [-0.2, 0) is 11.0 Å². The van der Waals surface area contributed by atoms with E-state index in [1.807, 2.05) is 0 Å². The monoisotopic (exact) mass is 651 g/mol. The van der Waals surface area contributed by atoms with Gasteiger partial charge in [-0.1, -0.05) is 58.7 Å². The number of carbonyl (C=O) groups is 2. The molecule has 0 aliphatic rings. The molecule has 2 rings (SSSR count). The SMILES string of the molecule is C[C@@H](CCC(=O)c1ccc(/C=C/C(c2cc(Cl)cc(Br)c2)C(F)(F)F)cc1C(F)(F)F)C(=O)NCC(F)(F)F. The van der Waals surface area contributed by atoms with Crippen LogP contribution in [0.4, 0.5) is 39.5 Å². The molecular weight excluding hydrogens is 633 g/mol. The summed E-state index contributed by atoms with van der Waals surface area (Å²) in [4.78, 5) is 24.3. The molecule has 0 bridgehead atoms. The predicted molar refractivity (Wildman–Crippen MR) is 130 cm³/mol. The molecular formula is C25H20BrClF9NO2. The van der Waals surface area contributed by atoms with Gasteiger partial charge in [0.1, 0.15) is 6.54 Å². The van der Waals surface area contributed by atoms with Crippen LogP contribution in [0.25, 0.3) is 6.08 Å². The van der Waals surface area contributed by atoms with E-state index in [0.29, 0.717) is 12.1 Å². The van der Waals surface area contributed by atoms with Crippen LogP contribution < -0.4 is 5.32 Å². The summed E-state index contributed by atoms with van der Waals surface area (Å²) in [5.41, 5.74) is -2.71. The Bertz CT molecular complexity index is 1200. The molecule has 2 atom stereocenters. The summed E-state index contributed by atoms with van der Waals surface area (Å²) in [6, 6.07) is 5.95. The third kappa shape index (κ3) is 10.2. The highest BCUT2D eigenvalue weighted by Gasteiger charge is 2.39. The molecule has 14 heteroatoms. The normalized spacial score (nSPS) is 14.4. The van der Waals surface area contributed by atoms with Gasteiger partial charge in [-0.2, -0.15) is 39.5 Å². The Morgan fingerprint density at radius 2 is 1.64 bits per heavy atom. The number of carbonyl (C=O) groups excluding carboxylic acids is 2. The average Bonchev–Trinajstić information content (AvgIpc) is 2.78. The number of nitrogens with one attached hydrogen (secondary N) is 1. The fourth-order valence-corrected chi connectivity index (χ4v) is 4.38. The molecule has 0 aliphatic heterocycles. The van der Waals surface area contributed by atoms with E-state index in [1.54, 1.807) is 5.32 Å². The molecule has 1 amide bonds. The van der Waals surface area contributed by atoms with Gasteiger partial charge in [0.15, 0.2) is 5.78 Å². The average molecular weight is 653 g/mol. The maximum atomic E-state index is 13.7. The first-order chi connectivity index (χ1) is 17.8. The van der Waals surface area contributed by atoms with Crippen LogP contribution in [0.5, 0.6) is 0 Å². The topological polar surface area (TPSA) is 46.2 Å². The van der Waals surface area contributed by atoms with E-state index in [1.165, 1.54) is 19.1 Å². The van der Waals surface area contributed by atoms with Crippen molar-refractivity contribution < 1.29 is 49.1 Å². The zero-order valence-corrected chi connectivity index (χ0v) is 22.2. The zero-order chi connectivity index (χ0) is 29.8. The third-order valence-electron chi connectivity index (χ3n) is 5.44. The molecule has 39 heavy (non-hydrogen) atoms. The predicted octanol–water partition coefficient (Wildman–Crippen LogP) is 8.76. The van der Waals surface area contributed by atoms with E-state index in [4.69, 9.17) is 11.6 Å². The molecule has 0 fully saturated rings. The van der Waals surface area contributed by atoms with Crippen molar-refractivity contribution in [3.63, 3.8) is 0 Å². The van der Waals surface area contributed by atoms with Crippen LogP contribution >= 0.6 is 27.5 Å². The molecule has 0 saturated carbocycles. The molecule has 0 radical (unpaired) electrons. The van der Waals surface area contributed by atoms with Crippen molar-refractivity contribution in [1.29, 1.82) is 0 Å². The Morgan fingerprint density at radius 1 is 1.00 bits per heavy atom. The molecule has 214 valence electrons. The Balaban J connectivity index is 2.28. The number of hydrogen-bond donors (Lipinski definition) is 1. The maximum absolute atomic E-state index is 13.7. The van der Waals surface area contributed by atoms with E-state index >= 15 is 0 Å². The van der Waals surface area contributed by atoms with Crippen molar-refractivity contribution in [3.05, 3.63) is 74.2 Å². The number of rotatable bonds is 9. The highest BCUT2D eigenvalue weighted by atomic mass is 79.9. The van der Waals surface area contributed by atoms with E-state index in [2.05, 4.69) is 15.9 Å². The summed E-state index contributed by atoms with van der Waals surface area (Å²) in [6.45, 7) is -0.381. The molecule has 0 aliphatic carbocycles. The lowest BCUT2D eigenvalue weighted by Gasteiger charge is -2.18. The number of Topliss-reactive ketones (excluding diaryl/α,β-unsaturated/α-hetero) is 1. The smallest absolute Gasteiger partial charge is 0.347 e. The van der Waals surface area contributed by atoms with Crippen LogP contribution in [0, 0.1) is 5.92 Å². The van der Waals surface area contributed by atoms with Gasteiger partial charge in [-0.05, 0) is 41.8 Å². The molecule has 1 unspecified atom stereocenters. The van der Waals surface area contributed by atoms with Gasteiger partial charge in [-0.15, -0.1) is 0 Å². The number of allylic oxidation sites excluding steroid dienone is 1. The molecule has 0 heterocycles. The van der Waals surface area contributed by atoms with Crippen LogP contribution in [0.2, 0.25) is 5.02 Å². The van der Waals surface area contributed by atoms with E-state index in [0.717, 1.165) is 24.3 Å². The van der Waals surface area contributed by atoms with Gasteiger partial charge in [-0.3, -0.25) is 9.59 Å². The molecule has 0 spiro atoms. The second kappa shape index (κ2) is 12.8. The standard InChI is InChI=1S/C25H20BrClF9NO2/c1-13(22(39)37-12-23(28,29)30)2-7-21(38)18-5-3-14(8-20(18)25(34,35)36)4-6-19(24(31,32)33)15-9-16(26)11-17(27)10-15/h3-6,8-11,13,19H,2,7,12H2,1H3,(H,37,39)/b6-4+/t13-,19?/m0/s1. The van der Waals surface area contributed by atoms with Crippen molar-refractivity contribution in [2.24, 2.45) is 5.92 Å². The van der Waals surface area contributed by atoms with E-state index in [9.17, 15) is 49.1 Å². The highest BCUT2D eigenvalue weighted by Crippen LogP contribution is 2.39. The second-order valence-electron chi connectivity index (χ2n) is 8.58. The number of alkyl halides is 9. The Morgan fingerprint density at radius 3 is 2.18 bits per heavy atom.